The monoisotopic (exact) mass is 278 g/mol. The Morgan fingerprint density at radius 1 is 1.32 bits per heavy atom. The molecule has 1 aromatic carbocycles. The summed E-state index contributed by atoms with van der Waals surface area (Å²) in [5.74, 6) is 1.38. The number of ketones is 1. The summed E-state index contributed by atoms with van der Waals surface area (Å²) in [6.07, 6.45) is 3.29. The summed E-state index contributed by atoms with van der Waals surface area (Å²) in [4.78, 5) is 12.1. The molecule has 1 atom stereocenters. The minimum absolute atomic E-state index is 0.0522. The topological polar surface area (TPSA) is 26.3 Å². The fourth-order valence-corrected chi connectivity index (χ4v) is 2.30. The zero-order valence-electron chi connectivity index (χ0n) is 11.4. The average Bonchev–Trinajstić information content (AvgIpc) is 2.38. The summed E-state index contributed by atoms with van der Waals surface area (Å²) in [5, 5.41) is 0.698. The molecule has 102 valence electrons. The van der Waals surface area contributed by atoms with Gasteiger partial charge in [0, 0.05) is 23.4 Å². The number of hydrogen-bond donors (Lipinski definition) is 0. The van der Waals surface area contributed by atoms with E-state index in [1.54, 1.807) is 6.08 Å². The zero-order valence-corrected chi connectivity index (χ0v) is 12.1. The molecule has 19 heavy (non-hydrogen) atoms. The van der Waals surface area contributed by atoms with Gasteiger partial charge in [-0.1, -0.05) is 37.6 Å². The molecule has 1 aliphatic carbocycles. The van der Waals surface area contributed by atoms with Gasteiger partial charge in [-0.15, -0.1) is 0 Å². The molecule has 2 nitrogen and oxygen atoms in total. The maximum atomic E-state index is 12.1. The molecule has 0 bridgehead atoms. The van der Waals surface area contributed by atoms with Gasteiger partial charge in [0.05, 0.1) is 12.4 Å². The van der Waals surface area contributed by atoms with E-state index in [0.717, 1.165) is 24.2 Å². The van der Waals surface area contributed by atoms with Gasteiger partial charge in [-0.3, -0.25) is 4.79 Å². The van der Waals surface area contributed by atoms with Crippen LogP contribution >= 0.6 is 11.6 Å². The fraction of sp³-hybridized carbons (Fsp3) is 0.438. The third kappa shape index (κ3) is 3.84. The van der Waals surface area contributed by atoms with Crippen LogP contribution in [-0.2, 0) is 9.53 Å². The molecule has 0 spiro atoms. The Morgan fingerprint density at radius 2 is 2.00 bits per heavy atom. The minimum Gasteiger partial charge on any atom is -0.498 e. The van der Waals surface area contributed by atoms with Crippen molar-refractivity contribution in [1.82, 2.24) is 0 Å². The highest BCUT2D eigenvalue weighted by Gasteiger charge is 2.24. The van der Waals surface area contributed by atoms with Gasteiger partial charge in [-0.25, -0.2) is 0 Å². The van der Waals surface area contributed by atoms with Crippen LogP contribution in [0.4, 0.5) is 0 Å². The largest absolute Gasteiger partial charge is 0.498 e. The lowest BCUT2D eigenvalue weighted by Gasteiger charge is -2.22. The van der Waals surface area contributed by atoms with E-state index in [-0.39, 0.29) is 11.7 Å². The molecule has 1 unspecified atom stereocenters. The van der Waals surface area contributed by atoms with Crippen LogP contribution in [0.15, 0.2) is 36.1 Å². The third-order valence-electron chi connectivity index (χ3n) is 3.20. The quantitative estimate of drug-likeness (QED) is 0.819. The number of benzene rings is 1. The van der Waals surface area contributed by atoms with Gasteiger partial charge in [-0.05, 0) is 30.0 Å². The number of hydrogen-bond acceptors (Lipinski definition) is 2. The van der Waals surface area contributed by atoms with E-state index in [2.05, 4.69) is 13.8 Å². The molecular formula is C16H19ClO2. The summed E-state index contributed by atoms with van der Waals surface area (Å²) < 4.78 is 5.64. The number of ether oxygens (including phenoxy) is 1. The van der Waals surface area contributed by atoms with Crippen LogP contribution in [0, 0.1) is 5.92 Å². The standard InChI is InChI=1S/C16H19ClO2/c1-11(2)10-19-14-7-8-15(16(18)9-14)12-3-5-13(17)6-4-12/h3-6,9,11,15H,7-8,10H2,1-2H3. The molecule has 0 aromatic heterocycles. The molecule has 1 aromatic rings. The van der Waals surface area contributed by atoms with E-state index < -0.39 is 0 Å². The molecule has 0 saturated heterocycles. The van der Waals surface area contributed by atoms with Crippen LogP contribution in [0.2, 0.25) is 5.02 Å². The highest BCUT2D eigenvalue weighted by Crippen LogP contribution is 2.30. The fourth-order valence-electron chi connectivity index (χ4n) is 2.17. The lowest BCUT2D eigenvalue weighted by molar-refractivity contribution is -0.116. The molecule has 0 N–H and O–H groups in total. The molecule has 0 fully saturated rings. The van der Waals surface area contributed by atoms with Crippen molar-refractivity contribution in [3.8, 4) is 0 Å². The minimum atomic E-state index is -0.0522. The van der Waals surface area contributed by atoms with E-state index in [0.29, 0.717) is 17.5 Å². The molecule has 0 heterocycles. The Bertz CT molecular complexity index is 474. The molecular weight excluding hydrogens is 260 g/mol. The van der Waals surface area contributed by atoms with Crippen molar-refractivity contribution in [1.29, 1.82) is 0 Å². The Kier molecular flexibility index (Phi) is 4.65. The summed E-state index contributed by atoms with van der Waals surface area (Å²) >= 11 is 5.86. The van der Waals surface area contributed by atoms with Crippen LogP contribution in [0.3, 0.4) is 0 Å². The third-order valence-corrected chi connectivity index (χ3v) is 3.45. The molecule has 0 amide bonds. The molecule has 0 radical (unpaired) electrons. The molecule has 0 aliphatic heterocycles. The second-order valence-corrected chi connectivity index (χ2v) is 5.80. The smallest absolute Gasteiger partial charge is 0.166 e. The normalized spacial score (nSPS) is 19.5. The van der Waals surface area contributed by atoms with Crippen molar-refractivity contribution in [2.45, 2.75) is 32.6 Å². The van der Waals surface area contributed by atoms with Crippen molar-refractivity contribution in [2.75, 3.05) is 6.61 Å². The first kappa shape index (κ1) is 14.1. The Balaban J connectivity index is 2.04. The van der Waals surface area contributed by atoms with E-state index in [1.165, 1.54) is 0 Å². The lowest BCUT2D eigenvalue weighted by Crippen LogP contribution is -2.17. The predicted molar refractivity (Wildman–Crippen MR) is 77.3 cm³/mol. The molecule has 3 heteroatoms. The summed E-state index contributed by atoms with van der Waals surface area (Å²) in [6, 6.07) is 7.52. The van der Waals surface area contributed by atoms with E-state index in [4.69, 9.17) is 16.3 Å². The van der Waals surface area contributed by atoms with Gasteiger partial charge in [0.25, 0.3) is 0 Å². The van der Waals surface area contributed by atoms with Gasteiger partial charge >= 0.3 is 0 Å². The zero-order chi connectivity index (χ0) is 13.8. The van der Waals surface area contributed by atoms with Crippen LogP contribution in [-0.4, -0.2) is 12.4 Å². The molecule has 1 aliphatic rings. The van der Waals surface area contributed by atoms with E-state index >= 15 is 0 Å². The first-order chi connectivity index (χ1) is 9.06. The number of rotatable bonds is 4. The maximum absolute atomic E-state index is 12.1. The second kappa shape index (κ2) is 6.25. The van der Waals surface area contributed by atoms with E-state index in [1.807, 2.05) is 24.3 Å². The number of allylic oxidation sites excluding steroid dienone is 2. The lowest BCUT2D eigenvalue weighted by atomic mass is 9.86. The van der Waals surface area contributed by atoms with Gasteiger partial charge in [-0.2, -0.15) is 0 Å². The van der Waals surface area contributed by atoms with Crippen molar-refractivity contribution >= 4 is 17.4 Å². The maximum Gasteiger partial charge on any atom is 0.166 e. The van der Waals surface area contributed by atoms with Crippen LogP contribution in [0.5, 0.6) is 0 Å². The van der Waals surface area contributed by atoms with Crippen molar-refractivity contribution in [2.24, 2.45) is 5.92 Å². The van der Waals surface area contributed by atoms with Gasteiger partial charge in [0.1, 0.15) is 0 Å². The van der Waals surface area contributed by atoms with Crippen LogP contribution < -0.4 is 0 Å². The SMILES string of the molecule is CC(C)COC1=CC(=O)C(c2ccc(Cl)cc2)CC1. The number of halogens is 1. The summed E-state index contributed by atoms with van der Waals surface area (Å²) in [6.45, 7) is 4.87. The van der Waals surface area contributed by atoms with E-state index in [9.17, 15) is 4.79 Å². The summed E-state index contributed by atoms with van der Waals surface area (Å²) in [5.41, 5.74) is 1.04. The number of carbonyl (C=O) groups excluding carboxylic acids is 1. The van der Waals surface area contributed by atoms with Gasteiger partial charge in [0.2, 0.25) is 0 Å². The van der Waals surface area contributed by atoms with Crippen molar-refractivity contribution in [3.05, 3.63) is 46.7 Å². The Morgan fingerprint density at radius 3 is 2.58 bits per heavy atom. The Hall–Kier alpha value is -1.28. The highest BCUT2D eigenvalue weighted by molar-refractivity contribution is 6.30. The van der Waals surface area contributed by atoms with Gasteiger partial charge < -0.3 is 4.74 Å². The Labute approximate surface area is 119 Å². The highest BCUT2D eigenvalue weighted by atomic mass is 35.5. The molecule has 0 saturated carbocycles. The van der Waals surface area contributed by atoms with Crippen LogP contribution in [0.25, 0.3) is 0 Å². The predicted octanol–water partition coefficient (Wildman–Crippen LogP) is 4.34. The first-order valence-electron chi connectivity index (χ1n) is 6.69. The van der Waals surface area contributed by atoms with Crippen molar-refractivity contribution in [3.63, 3.8) is 0 Å². The second-order valence-electron chi connectivity index (χ2n) is 5.36. The van der Waals surface area contributed by atoms with Gasteiger partial charge in [0.15, 0.2) is 5.78 Å². The first-order valence-corrected chi connectivity index (χ1v) is 7.06. The van der Waals surface area contributed by atoms with Crippen molar-refractivity contribution < 1.29 is 9.53 Å². The van der Waals surface area contributed by atoms with Crippen LogP contribution in [0.1, 0.15) is 38.2 Å². The average molecular weight is 279 g/mol. The molecule has 2 rings (SSSR count). The summed E-state index contributed by atoms with van der Waals surface area (Å²) in [7, 11) is 0. The number of carbonyl (C=O) groups is 1.